The van der Waals surface area contributed by atoms with Gasteiger partial charge in [-0.05, 0) is 37.1 Å². The average Bonchev–Trinajstić information content (AvgIpc) is 2.93. The molecule has 0 atom stereocenters. The van der Waals surface area contributed by atoms with Gasteiger partial charge in [-0.15, -0.1) is 0 Å². The van der Waals surface area contributed by atoms with Gasteiger partial charge in [-0.2, -0.15) is 0 Å². The number of halogens is 2. The van der Waals surface area contributed by atoms with Crippen molar-refractivity contribution in [1.29, 1.82) is 0 Å². The first-order valence-corrected chi connectivity index (χ1v) is 7.99. The highest BCUT2D eigenvalue weighted by atomic mass is 19.3. The van der Waals surface area contributed by atoms with E-state index in [1.165, 1.54) is 12.1 Å². The molecule has 0 aromatic heterocycles. The molecular formula is C21H19F2NO. The van der Waals surface area contributed by atoms with Gasteiger partial charge in [0.05, 0.1) is 5.70 Å². The number of hydrogen-bond acceptors (Lipinski definition) is 2. The Hall–Kier alpha value is -2.75. The topological polar surface area (TPSA) is 21.6 Å². The molecule has 0 aliphatic carbocycles. The van der Waals surface area contributed by atoms with Crippen molar-refractivity contribution in [1.82, 2.24) is 0 Å². The summed E-state index contributed by atoms with van der Waals surface area (Å²) in [4.78, 5) is 4.63. The Morgan fingerprint density at radius 1 is 1.04 bits per heavy atom. The molecule has 0 fully saturated rings. The van der Waals surface area contributed by atoms with Crippen LogP contribution in [0.1, 0.15) is 37.5 Å². The summed E-state index contributed by atoms with van der Waals surface area (Å²) in [7, 11) is 0. The lowest BCUT2D eigenvalue weighted by Gasteiger charge is -2.11. The molecule has 0 N–H and O–H groups in total. The van der Waals surface area contributed by atoms with Crippen LogP contribution in [0.4, 0.5) is 8.78 Å². The standard InChI is InChI=1S/C21H19F2NO/c1-13(2)20-19(17-7-5-6-8-18(17)25-20)24-14(3)15-9-11-16(12-10-15)21(4,22)23/h5-12H,3H2,1-2,4H3. The Labute approximate surface area is 146 Å². The van der Waals surface area contributed by atoms with E-state index in [1.807, 2.05) is 38.1 Å². The highest BCUT2D eigenvalue weighted by Crippen LogP contribution is 2.34. The Morgan fingerprint density at radius 2 is 1.68 bits per heavy atom. The molecule has 1 aliphatic rings. The fourth-order valence-corrected chi connectivity index (χ4v) is 2.64. The lowest BCUT2D eigenvalue weighted by Crippen LogP contribution is -2.06. The molecule has 0 radical (unpaired) electrons. The molecule has 2 aromatic carbocycles. The minimum atomic E-state index is -2.86. The monoisotopic (exact) mass is 339 g/mol. The van der Waals surface area contributed by atoms with Gasteiger partial charge in [0.1, 0.15) is 11.5 Å². The first-order chi connectivity index (χ1) is 11.8. The highest BCUT2D eigenvalue weighted by Gasteiger charge is 2.26. The van der Waals surface area contributed by atoms with Crippen molar-refractivity contribution in [2.24, 2.45) is 4.99 Å². The number of benzene rings is 2. The van der Waals surface area contributed by atoms with Gasteiger partial charge < -0.3 is 4.74 Å². The number of ether oxygens (including phenoxy) is 1. The molecule has 0 bridgehead atoms. The van der Waals surface area contributed by atoms with Gasteiger partial charge in [0.25, 0.3) is 5.92 Å². The third-order valence-electron chi connectivity index (χ3n) is 4.00. The minimum absolute atomic E-state index is 0.0313. The molecule has 25 heavy (non-hydrogen) atoms. The van der Waals surface area contributed by atoms with Crippen molar-refractivity contribution in [2.75, 3.05) is 0 Å². The number of alkyl halides is 2. The van der Waals surface area contributed by atoms with Gasteiger partial charge in [-0.1, -0.05) is 43.0 Å². The van der Waals surface area contributed by atoms with Crippen LogP contribution in [-0.4, -0.2) is 5.71 Å². The van der Waals surface area contributed by atoms with Crippen molar-refractivity contribution < 1.29 is 13.5 Å². The van der Waals surface area contributed by atoms with E-state index in [9.17, 15) is 8.78 Å². The van der Waals surface area contributed by atoms with Gasteiger partial charge >= 0.3 is 0 Å². The van der Waals surface area contributed by atoms with Gasteiger partial charge in [0.15, 0.2) is 5.76 Å². The lowest BCUT2D eigenvalue weighted by atomic mass is 10.0. The largest absolute Gasteiger partial charge is 0.454 e. The van der Waals surface area contributed by atoms with Crippen LogP contribution in [0.3, 0.4) is 0 Å². The Bertz CT molecular complexity index is 883. The first-order valence-electron chi connectivity index (χ1n) is 7.99. The molecule has 0 amide bonds. The summed E-state index contributed by atoms with van der Waals surface area (Å²) in [5.74, 6) is -1.40. The van der Waals surface area contributed by atoms with E-state index in [0.717, 1.165) is 23.8 Å². The zero-order valence-corrected chi connectivity index (χ0v) is 14.4. The summed E-state index contributed by atoms with van der Waals surface area (Å²) >= 11 is 0. The molecule has 0 saturated carbocycles. The molecule has 128 valence electrons. The zero-order valence-electron chi connectivity index (χ0n) is 14.4. The number of aliphatic imine (C=N–C) groups is 1. The van der Waals surface area contributed by atoms with E-state index in [0.29, 0.717) is 22.7 Å². The van der Waals surface area contributed by atoms with Crippen molar-refractivity contribution >= 4 is 11.4 Å². The molecule has 4 heteroatoms. The highest BCUT2D eigenvalue weighted by molar-refractivity contribution is 6.17. The van der Waals surface area contributed by atoms with E-state index >= 15 is 0 Å². The number of hydrogen-bond donors (Lipinski definition) is 0. The van der Waals surface area contributed by atoms with E-state index in [4.69, 9.17) is 4.74 Å². The van der Waals surface area contributed by atoms with E-state index in [1.54, 1.807) is 12.1 Å². The van der Waals surface area contributed by atoms with Crippen LogP contribution in [0, 0.1) is 0 Å². The molecule has 2 aromatic rings. The van der Waals surface area contributed by atoms with Gasteiger partial charge in [0, 0.05) is 18.1 Å². The van der Waals surface area contributed by atoms with E-state index in [2.05, 4.69) is 11.6 Å². The summed E-state index contributed by atoms with van der Waals surface area (Å²) in [5.41, 5.74) is 3.78. The molecule has 0 saturated heterocycles. The van der Waals surface area contributed by atoms with Gasteiger partial charge in [-0.25, -0.2) is 13.8 Å². The summed E-state index contributed by atoms with van der Waals surface area (Å²) in [6, 6.07) is 13.7. The second-order valence-corrected chi connectivity index (χ2v) is 6.30. The van der Waals surface area contributed by atoms with Crippen molar-refractivity contribution in [3.63, 3.8) is 0 Å². The predicted molar refractivity (Wildman–Crippen MR) is 97.0 cm³/mol. The number of fused-ring (bicyclic) bond motifs is 1. The second kappa shape index (κ2) is 6.28. The zero-order chi connectivity index (χ0) is 18.2. The number of rotatable bonds is 3. The van der Waals surface area contributed by atoms with Crippen LogP contribution in [0.15, 0.2) is 71.4 Å². The van der Waals surface area contributed by atoms with Crippen molar-refractivity contribution in [2.45, 2.75) is 26.7 Å². The normalized spacial score (nSPS) is 15.1. The van der Waals surface area contributed by atoms with Crippen LogP contribution in [0.5, 0.6) is 5.75 Å². The number of para-hydroxylation sites is 1. The third kappa shape index (κ3) is 3.38. The minimum Gasteiger partial charge on any atom is -0.454 e. The Balaban J connectivity index is 1.99. The van der Waals surface area contributed by atoms with Crippen LogP contribution in [-0.2, 0) is 5.92 Å². The summed E-state index contributed by atoms with van der Waals surface area (Å²) < 4.78 is 32.6. The van der Waals surface area contributed by atoms with Crippen molar-refractivity contribution in [3.8, 4) is 5.75 Å². The molecule has 1 heterocycles. The third-order valence-corrected chi connectivity index (χ3v) is 4.00. The van der Waals surface area contributed by atoms with Gasteiger partial charge in [0.2, 0.25) is 0 Å². The maximum atomic E-state index is 13.3. The maximum absolute atomic E-state index is 13.3. The van der Waals surface area contributed by atoms with E-state index in [-0.39, 0.29) is 5.56 Å². The fourth-order valence-electron chi connectivity index (χ4n) is 2.64. The van der Waals surface area contributed by atoms with Crippen LogP contribution in [0.2, 0.25) is 0 Å². The molecule has 1 aliphatic heterocycles. The quantitative estimate of drug-likeness (QED) is 0.677. The van der Waals surface area contributed by atoms with Crippen LogP contribution < -0.4 is 4.74 Å². The first kappa shape index (κ1) is 17.1. The predicted octanol–water partition coefficient (Wildman–Crippen LogP) is 5.94. The Morgan fingerprint density at radius 3 is 2.28 bits per heavy atom. The van der Waals surface area contributed by atoms with E-state index < -0.39 is 5.92 Å². The Kier molecular flexibility index (Phi) is 4.29. The average molecular weight is 339 g/mol. The smallest absolute Gasteiger partial charge is 0.270 e. The van der Waals surface area contributed by atoms with Crippen molar-refractivity contribution in [3.05, 3.63) is 83.1 Å². The summed E-state index contributed by atoms with van der Waals surface area (Å²) in [6.45, 7) is 8.79. The van der Waals surface area contributed by atoms with Crippen LogP contribution in [0.25, 0.3) is 5.70 Å². The summed E-state index contributed by atoms with van der Waals surface area (Å²) in [6.07, 6.45) is 0. The molecule has 2 nitrogen and oxygen atoms in total. The molecule has 3 rings (SSSR count). The van der Waals surface area contributed by atoms with Gasteiger partial charge in [-0.3, -0.25) is 0 Å². The molecule has 0 unspecified atom stereocenters. The number of allylic oxidation sites excluding steroid dienone is 2. The second-order valence-electron chi connectivity index (χ2n) is 6.30. The summed E-state index contributed by atoms with van der Waals surface area (Å²) in [5, 5.41) is 0. The SMILES string of the molecule is C=C(N=C1C(=C(C)C)Oc2ccccc21)c1ccc(C(C)(F)F)cc1. The molecule has 0 spiro atoms. The van der Waals surface area contributed by atoms with Crippen LogP contribution >= 0.6 is 0 Å². The maximum Gasteiger partial charge on any atom is 0.270 e. The fraction of sp³-hybridized carbons (Fsp3) is 0.190. The molecular weight excluding hydrogens is 320 g/mol. The number of nitrogens with zero attached hydrogens (tertiary/aromatic N) is 1. The lowest BCUT2D eigenvalue weighted by molar-refractivity contribution is 0.0175.